The number of carbonyl (C=O) groups is 2. The number of aromatic nitrogens is 4. The molecule has 0 aliphatic heterocycles. The summed E-state index contributed by atoms with van der Waals surface area (Å²) in [7, 11) is 0. The van der Waals surface area contributed by atoms with Gasteiger partial charge in [-0.1, -0.05) is 6.08 Å². The van der Waals surface area contributed by atoms with Crippen molar-refractivity contribution in [2.75, 3.05) is 11.9 Å². The monoisotopic (exact) mass is 330 g/mol. The van der Waals surface area contributed by atoms with E-state index in [0.717, 1.165) is 0 Å². The van der Waals surface area contributed by atoms with Crippen molar-refractivity contribution in [1.29, 1.82) is 0 Å². The van der Waals surface area contributed by atoms with Gasteiger partial charge in [0.25, 0.3) is 5.56 Å². The number of amides is 2. The molecule has 24 heavy (non-hydrogen) atoms. The van der Waals surface area contributed by atoms with Gasteiger partial charge in [-0.25, -0.2) is 4.98 Å². The summed E-state index contributed by atoms with van der Waals surface area (Å²) in [6, 6.07) is 1.56. The highest BCUT2D eigenvalue weighted by Crippen LogP contribution is 2.14. The molecule has 2 aromatic rings. The SMILES string of the molecule is C=CCNC(=O)C(=O)Nc1cc(C)nn1-c1nc(C)c(C)c(=O)[nH]1. The Morgan fingerprint density at radius 2 is 2.04 bits per heavy atom. The maximum atomic E-state index is 11.9. The molecular weight excluding hydrogens is 312 g/mol. The summed E-state index contributed by atoms with van der Waals surface area (Å²) in [5, 5.41) is 9.01. The number of hydrogen-bond donors (Lipinski definition) is 3. The molecule has 0 saturated carbocycles. The van der Waals surface area contributed by atoms with Gasteiger partial charge in [-0.2, -0.15) is 9.78 Å². The van der Waals surface area contributed by atoms with Crippen LogP contribution in [0.2, 0.25) is 0 Å². The van der Waals surface area contributed by atoms with Gasteiger partial charge in [0.1, 0.15) is 5.82 Å². The minimum absolute atomic E-state index is 0.151. The van der Waals surface area contributed by atoms with Gasteiger partial charge in [0.2, 0.25) is 5.95 Å². The molecule has 0 fully saturated rings. The molecule has 0 aliphatic carbocycles. The Balaban J connectivity index is 2.34. The van der Waals surface area contributed by atoms with Crippen LogP contribution in [0.25, 0.3) is 5.95 Å². The number of nitrogens with one attached hydrogen (secondary N) is 3. The molecule has 3 N–H and O–H groups in total. The maximum absolute atomic E-state index is 11.9. The fourth-order valence-electron chi connectivity index (χ4n) is 1.90. The average molecular weight is 330 g/mol. The second kappa shape index (κ2) is 6.90. The Hall–Kier alpha value is -3.23. The highest BCUT2D eigenvalue weighted by Gasteiger charge is 2.18. The molecule has 2 aromatic heterocycles. The zero-order valence-corrected chi connectivity index (χ0v) is 13.6. The lowest BCUT2D eigenvalue weighted by Gasteiger charge is -2.09. The van der Waals surface area contributed by atoms with E-state index in [1.54, 1.807) is 26.8 Å². The minimum Gasteiger partial charge on any atom is -0.344 e. The van der Waals surface area contributed by atoms with Crippen molar-refractivity contribution in [1.82, 2.24) is 25.1 Å². The lowest BCUT2D eigenvalue weighted by molar-refractivity contribution is -0.136. The predicted octanol–water partition coefficient (Wildman–Crippen LogP) is 0.122. The molecule has 9 nitrogen and oxygen atoms in total. The van der Waals surface area contributed by atoms with Crippen molar-refractivity contribution in [3.63, 3.8) is 0 Å². The van der Waals surface area contributed by atoms with Crippen LogP contribution in [0.5, 0.6) is 0 Å². The average Bonchev–Trinajstić information content (AvgIpc) is 2.90. The van der Waals surface area contributed by atoms with Gasteiger partial charge in [-0.15, -0.1) is 6.58 Å². The summed E-state index contributed by atoms with van der Waals surface area (Å²) >= 11 is 0. The highest BCUT2D eigenvalue weighted by atomic mass is 16.2. The predicted molar refractivity (Wildman–Crippen MR) is 88.0 cm³/mol. The Labute approximate surface area is 137 Å². The first-order chi connectivity index (χ1) is 11.3. The van der Waals surface area contributed by atoms with Gasteiger partial charge in [-0.05, 0) is 20.8 Å². The third kappa shape index (κ3) is 3.57. The van der Waals surface area contributed by atoms with E-state index in [2.05, 4.69) is 32.3 Å². The van der Waals surface area contributed by atoms with Crippen molar-refractivity contribution in [2.45, 2.75) is 20.8 Å². The van der Waals surface area contributed by atoms with E-state index in [9.17, 15) is 14.4 Å². The lowest BCUT2D eigenvalue weighted by Crippen LogP contribution is -2.36. The van der Waals surface area contributed by atoms with Crippen LogP contribution in [0, 0.1) is 20.8 Å². The van der Waals surface area contributed by atoms with E-state index in [0.29, 0.717) is 17.0 Å². The number of aryl methyl sites for hydroxylation is 2. The van der Waals surface area contributed by atoms with E-state index in [-0.39, 0.29) is 23.9 Å². The second-order valence-electron chi connectivity index (χ2n) is 5.14. The third-order valence-electron chi connectivity index (χ3n) is 3.27. The van der Waals surface area contributed by atoms with Gasteiger partial charge in [0.05, 0.1) is 5.69 Å². The number of hydrogen-bond acceptors (Lipinski definition) is 5. The number of anilines is 1. The quantitative estimate of drug-likeness (QED) is 0.543. The van der Waals surface area contributed by atoms with Gasteiger partial charge in [0.15, 0.2) is 0 Å². The first kappa shape index (κ1) is 17.1. The van der Waals surface area contributed by atoms with Crippen molar-refractivity contribution in [3.05, 3.63) is 46.0 Å². The zero-order valence-electron chi connectivity index (χ0n) is 13.6. The summed E-state index contributed by atoms with van der Waals surface area (Å²) in [5.74, 6) is -1.29. The van der Waals surface area contributed by atoms with Crippen molar-refractivity contribution < 1.29 is 9.59 Å². The summed E-state index contributed by atoms with van der Waals surface area (Å²) in [6.07, 6.45) is 1.46. The molecule has 126 valence electrons. The molecule has 2 heterocycles. The first-order valence-corrected chi connectivity index (χ1v) is 7.18. The van der Waals surface area contributed by atoms with Gasteiger partial charge < -0.3 is 10.6 Å². The normalized spacial score (nSPS) is 10.3. The van der Waals surface area contributed by atoms with Gasteiger partial charge in [0, 0.05) is 23.9 Å². The van der Waals surface area contributed by atoms with Gasteiger partial charge >= 0.3 is 11.8 Å². The number of nitrogens with zero attached hydrogens (tertiary/aromatic N) is 3. The lowest BCUT2D eigenvalue weighted by atomic mass is 10.3. The standard InChI is InChI=1S/C15H18N6O3/c1-5-6-16-13(23)14(24)18-11-7-8(2)20-21(11)15-17-10(4)9(3)12(22)19-15/h5,7H,1,6H2,2-4H3,(H,16,23)(H,18,24)(H,17,19,22). The first-order valence-electron chi connectivity index (χ1n) is 7.18. The van der Waals surface area contributed by atoms with Crippen LogP contribution in [0.3, 0.4) is 0 Å². The molecule has 2 amide bonds. The Kier molecular flexibility index (Phi) is 4.93. The topological polar surface area (TPSA) is 122 Å². The molecule has 0 aromatic carbocycles. The van der Waals surface area contributed by atoms with E-state index >= 15 is 0 Å². The van der Waals surface area contributed by atoms with E-state index in [1.165, 1.54) is 10.8 Å². The molecule has 9 heteroatoms. The van der Waals surface area contributed by atoms with E-state index in [4.69, 9.17) is 0 Å². The van der Waals surface area contributed by atoms with E-state index in [1.807, 2.05) is 0 Å². The smallest absolute Gasteiger partial charge is 0.314 e. The fourth-order valence-corrected chi connectivity index (χ4v) is 1.90. The maximum Gasteiger partial charge on any atom is 0.314 e. The summed E-state index contributed by atoms with van der Waals surface area (Å²) < 4.78 is 1.27. The van der Waals surface area contributed by atoms with Crippen LogP contribution in [0.15, 0.2) is 23.5 Å². The van der Waals surface area contributed by atoms with Crippen LogP contribution in [-0.2, 0) is 9.59 Å². The Bertz CT molecular complexity index is 865. The molecule has 0 saturated heterocycles. The molecule has 0 spiro atoms. The number of carbonyl (C=O) groups excluding carboxylic acids is 2. The molecule has 0 radical (unpaired) electrons. The number of aromatic amines is 1. The highest BCUT2D eigenvalue weighted by molar-refractivity contribution is 6.39. The molecule has 0 unspecified atom stereocenters. The second-order valence-corrected chi connectivity index (χ2v) is 5.14. The summed E-state index contributed by atoms with van der Waals surface area (Å²) in [5.41, 5.74) is 1.32. The molecule has 0 aliphatic rings. The molecule has 0 bridgehead atoms. The molecule has 2 rings (SSSR count). The van der Waals surface area contributed by atoms with Crippen LogP contribution in [0.4, 0.5) is 5.82 Å². The molecular formula is C15H18N6O3. The van der Waals surface area contributed by atoms with Crippen LogP contribution in [0.1, 0.15) is 17.0 Å². The zero-order chi connectivity index (χ0) is 17.9. The Morgan fingerprint density at radius 3 is 2.67 bits per heavy atom. The van der Waals surface area contributed by atoms with Gasteiger partial charge in [-0.3, -0.25) is 19.4 Å². The van der Waals surface area contributed by atoms with Crippen LogP contribution in [-0.4, -0.2) is 38.1 Å². The number of rotatable bonds is 4. The summed E-state index contributed by atoms with van der Waals surface area (Å²) in [6.45, 7) is 8.70. The van der Waals surface area contributed by atoms with Crippen molar-refractivity contribution in [3.8, 4) is 5.95 Å². The summed E-state index contributed by atoms with van der Waals surface area (Å²) in [4.78, 5) is 42.3. The van der Waals surface area contributed by atoms with Crippen LogP contribution >= 0.6 is 0 Å². The minimum atomic E-state index is -0.857. The number of H-pyrrole nitrogens is 1. The third-order valence-corrected chi connectivity index (χ3v) is 3.27. The fraction of sp³-hybridized carbons (Fsp3) is 0.267. The molecule has 0 atom stereocenters. The Morgan fingerprint density at radius 1 is 1.33 bits per heavy atom. The van der Waals surface area contributed by atoms with E-state index < -0.39 is 11.8 Å². The van der Waals surface area contributed by atoms with Crippen molar-refractivity contribution >= 4 is 17.6 Å². The van der Waals surface area contributed by atoms with Crippen molar-refractivity contribution in [2.24, 2.45) is 0 Å². The van der Waals surface area contributed by atoms with Crippen LogP contribution < -0.4 is 16.2 Å². The largest absolute Gasteiger partial charge is 0.344 e.